The molecular formula is C26H30ClN3O7. The van der Waals surface area contributed by atoms with Crippen molar-refractivity contribution in [1.82, 2.24) is 10.2 Å². The second-order valence-corrected chi connectivity index (χ2v) is 11.5. The van der Waals surface area contributed by atoms with Crippen molar-refractivity contribution in [3.8, 4) is 5.75 Å². The van der Waals surface area contributed by atoms with Crippen molar-refractivity contribution in [2.45, 2.75) is 43.9 Å². The summed E-state index contributed by atoms with van der Waals surface area (Å²) in [5.41, 5.74) is 3.54. The van der Waals surface area contributed by atoms with Gasteiger partial charge in [-0.2, -0.15) is 0 Å². The molecule has 0 radical (unpaired) electrons. The van der Waals surface area contributed by atoms with Gasteiger partial charge in [0.1, 0.15) is 5.75 Å². The molecule has 0 aliphatic heterocycles. The van der Waals surface area contributed by atoms with Gasteiger partial charge in [0.2, 0.25) is 5.91 Å². The molecule has 37 heavy (non-hydrogen) atoms. The Morgan fingerprint density at radius 2 is 1.89 bits per heavy atom. The van der Waals surface area contributed by atoms with Gasteiger partial charge in [-0.1, -0.05) is 11.6 Å². The van der Waals surface area contributed by atoms with Gasteiger partial charge in [-0.15, -0.1) is 0 Å². The first-order valence-corrected chi connectivity index (χ1v) is 12.9. The number of nitrogens with one attached hydrogen (secondary N) is 1. The summed E-state index contributed by atoms with van der Waals surface area (Å²) in [6.45, 7) is 1.23. The van der Waals surface area contributed by atoms with Crippen molar-refractivity contribution < 1.29 is 34.2 Å². The SMILES string of the molecule is CN(C)[C@@H]1C(=O)C(C(N)=O)C(=O)[C@@]2(O)C(=O)C3C(=O)c4c(O)cc(CNCC5CC5)c(Cl)c4C[C@H]3C[C@@H]12. The summed E-state index contributed by atoms with van der Waals surface area (Å²) >= 11 is 6.70. The Morgan fingerprint density at radius 3 is 2.49 bits per heavy atom. The average molecular weight is 532 g/mol. The van der Waals surface area contributed by atoms with Crippen LogP contribution in [0, 0.1) is 29.6 Å². The van der Waals surface area contributed by atoms with E-state index in [-0.39, 0.29) is 24.2 Å². The number of nitrogens with zero attached hydrogens (tertiary/aromatic N) is 1. The van der Waals surface area contributed by atoms with Crippen LogP contribution in [0.5, 0.6) is 5.75 Å². The fourth-order valence-corrected chi connectivity index (χ4v) is 6.86. The zero-order valence-electron chi connectivity index (χ0n) is 20.6. The van der Waals surface area contributed by atoms with Gasteiger partial charge in [-0.25, -0.2) is 0 Å². The van der Waals surface area contributed by atoms with Crippen LogP contribution >= 0.6 is 11.6 Å². The Kier molecular flexibility index (Phi) is 6.30. The molecule has 5 N–H and O–H groups in total. The number of rotatable bonds is 6. The summed E-state index contributed by atoms with van der Waals surface area (Å²) < 4.78 is 0. The van der Waals surface area contributed by atoms with Gasteiger partial charge in [0.25, 0.3) is 0 Å². The van der Waals surface area contributed by atoms with Gasteiger partial charge < -0.3 is 21.3 Å². The number of primary amides is 1. The molecule has 11 heteroatoms. The van der Waals surface area contributed by atoms with Crippen LogP contribution in [0.1, 0.15) is 40.7 Å². The van der Waals surface area contributed by atoms with Gasteiger partial charge in [0.05, 0.1) is 17.5 Å². The summed E-state index contributed by atoms with van der Waals surface area (Å²) in [5, 5.41) is 26.0. The summed E-state index contributed by atoms with van der Waals surface area (Å²) in [6.07, 6.45) is 2.49. The number of aliphatic hydroxyl groups is 1. The van der Waals surface area contributed by atoms with Crippen LogP contribution in [0.3, 0.4) is 0 Å². The molecule has 1 aromatic rings. The van der Waals surface area contributed by atoms with Crippen LogP contribution in [0.4, 0.5) is 0 Å². The maximum atomic E-state index is 13.8. The first kappa shape index (κ1) is 26.0. The highest BCUT2D eigenvalue weighted by atomic mass is 35.5. The van der Waals surface area contributed by atoms with E-state index in [0.29, 0.717) is 28.6 Å². The lowest BCUT2D eigenvalue weighted by atomic mass is 9.52. The number of aromatic hydroxyl groups is 1. The van der Waals surface area contributed by atoms with Gasteiger partial charge in [0.15, 0.2) is 34.7 Å². The zero-order valence-corrected chi connectivity index (χ0v) is 21.4. The minimum Gasteiger partial charge on any atom is -0.507 e. The smallest absolute Gasteiger partial charge is 0.235 e. The van der Waals surface area contributed by atoms with Gasteiger partial charge in [-0.3, -0.25) is 28.9 Å². The molecule has 3 saturated carbocycles. The third-order valence-corrected chi connectivity index (χ3v) is 8.99. The molecule has 4 aliphatic carbocycles. The molecule has 0 bridgehead atoms. The van der Waals surface area contributed by atoms with Crippen molar-refractivity contribution in [1.29, 1.82) is 0 Å². The molecule has 5 rings (SSSR count). The van der Waals surface area contributed by atoms with Crippen LogP contribution in [-0.2, 0) is 32.1 Å². The number of phenols is 1. The molecule has 0 aromatic heterocycles. The van der Waals surface area contributed by atoms with E-state index < -0.39 is 64.4 Å². The number of fused-ring (bicyclic) bond motifs is 3. The van der Waals surface area contributed by atoms with Crippen LogP contribution in [0.15, 0.2) is 6.07 Å². The van der Waals surface area contributed by atoms with Crippen LogP contribution in [-0.4, -0.2) is 76.4 Å². The topological polar surface area (TPSA) is 167 Å². The number of halogens is 1. The Bertz CT molecular complexity index is 1240. The molecule has 1 aromatic carbocycles. The maximum Gasteiger partial charge on any atom is 0.235 e. The van der Waals surface area contributed by atoms with Crippen molar-refractivity contribution >= 4 is 40.6 Å². The van der Waals surface area contributed by atoms with E-state index in [2.05, 4.69) is 5.32 Å². The molecule has 198 valence electrons. The predicted octanol–water partition coefficient (Wildman–Crippen LogP) is 0.0200. The highest BCUT2D eigenvalue weighted by molar-refractivity contribution is 6.34. The van der Waals surface area contributed by atoms with E-state index in [1.165, 1.54) is 23.8 Å². The average Bonchev–Trinajstić information content (AvgIpc) is 3.63. The van der Waals surface area contributed by atoms with Gasteiger partial charge >= 0.3 is 0 Å². The molecule has 0 saturated heterocycles. The molecular weight excluding hydrogens is 502 g/mol. The van der Waals surface area contributed by atoms with E-state index in [0.717, 1.165) is 6.54 Å². The van der Waals surface area contributed by atoms with Crippen LogP contribution in [0.25, 0.3) is 0 Å². The van der Waals surface area contributed by atoms with Gasteiger partial charge in [0, 0.05) is 17.5 Å². The number of benzene rings is 1. The largest absolute Gasteiger partial charge is 0.507 e. The summed E-state index contributed by atoms with van der Waals surface area (Å²) in [4.78, 5) is 67.3. The quantitative estimate of drug-likeness (QED) is 0.370. The number of carbonyl (C=O) groups excluding carboxylic acids is 5. The standard InChI is InChI=1S/C26H30ClN3O7/c1-30(2)20-14-6-11-5-13-17(15(31)7-12(19(13)27)9-29-8-10-3-4-10)21(32)16(11)23(34)26(14,37)24(35)18(22(20)33)25(28)36/h7,10-11,14,16,18,20,29,31,37H,3-6,8-9H2,1-2H3,(H2,28,36)/t11-,14-,16?,18?,20-,26-/m0/s1. The minimum absolute atomic E-state index is 0.00879. The lowest BCUT2D eigenvalue weighted by Gasteiger charge is -2.52. The number of carbonyl (C=O) groups is 5. The molecule has 10 nitrogen and oxygen atoms in total. The number of hydrogen-bond donors (Lipinski definition) is 4. The number of phenolic OH excluding ortho intramolecular Hbond substituents is 1. The van der Waals surface area contributed by atoms with E-state index in [1.54, 1.807) is 14.1 Å². The van der Waals surface area contributed by atoms with Crippen molar-refractivity contribution in [2.75, 3.05) is 20.6 Å². The molecule has 6 atom stereocenters. The van der Waals surface area contributed by atoms with Crippen molar-refractivity contribution in [2.24, 2.45) is 35.3 Å². The third kappa shape index (κ3) is 3.84. The van der Waals surface area contributed by atoms with E-state index in [4.69, 9.17) is 17.3 Å². The molecule has 4 aliphatic rings. The van der Waals surface area contributed by atoms with Gasteiger partial charge in [-0.05, 0) is 75.4 Å². The first-order chi connectivity index (χ1) is 17.4. The lowest BCUT2D eigenvalue weighted by Crippen LogP contribution is -2.74. The first-order valence-electron chi connectivity index (χ1n) is 12.5. The Morgan fingerprint density at radius 1 is 1.22 bits per heavy atom. The number of nitrogens with two attached hydrogens (primary N) is 1. The molecule has 0 spiro atoms. The number of likely N-dealkylation sites (N-methyl/N-ethyl adjacent to an activating group) is 1. The molecule has 2 unspecified atom stereocenters. The number of amides is 1. The normalized spacial score (nSPS) is 33.3. The number of hydrogen-bond acceptors (Lipinski definition) is 9. The number of Topliss-reactive ketones (excluding diaryl/α,β-unsaturated/α-hetero) is 4. The second kappa shape index (κ2) is 8.97. The van der Waals surface area contributed by atoms with Crippen LogP contribution in [0.2, 0.25) is 5.02 Å². The summed E-state index contributed by atoms with van der Waals surface area (Å²) in [6, 6.07) is 0.267. The highest BCUT2D eigenvalue weighted by Crippen LogP contribution is 2.51. The highest BCUT2D eigenvalue weighted by Gasteiger charge is 2.69. The summed E-state index contributed by atoms with van der Waals surface area (Å²) in [7, 11) is 3.09. The second-order valence-electron chi connectivity index (χ2n) is 11.1. The maximum absolute atomic E-state index is 13.8. The molecule has 0 heterocycles. The number of ketones is 4. The molecule has 1 amide bonds. The van der Waals surface area contributed by atoms with E-state index in [1.807, 2.05) is 0 Å². The third-order valence-electron chi connectivity index (χ3n) is 8.51. The zero-order chi connectivity index (χ0) is 27.0. The fourth-order valence-electron chi connectivity index (χ4n) is 6.57. The lowest BCUT2D eigenvalue weighted by molar-refractivity contribution is -0.181. The van der Waals surface area contributed by atoms with E-state index in [9.17, 15) is 34.2 Å². The minimum atomic E-state index is -2.73. The molecule has 3 fully saturated rings. The van der Waals surface area contributed by atoms with Crippen molar-refractivity contribution in [3.63, 3.8) is 0 Å². The van der Waals surface area contributed by atoms with Crippen molar-refractivity contribution in [3.05, 3.63) is 27.8 Å². The fraction of sp³-hybridized carbons (Fsp3) is 0.577. The van der Waals surface area contributed by atoms with Crippen LogP contribution < -0.4 is 11.1 Å². The Hall–Kier alpha value is -2.66. The monoisotopic (exact) mass is 531 g/mol. The summed E-state index contributed by atoms with van der Waals surface area (Å²) in [5.74, 6) is -10.0. The Balaban J connectivity index is 1.55. The Labute approximate surface area is 218 Å². The predicted molar refractivity (Wildman–Crippen MR) is 131 cm³/mol. The van der Waals surface area contributed by atoms with E-state index >= 15 is 0 Å².